The van der Waals surface area contributed by atoms with Crippen molar-refractivity contribution in [3.05, 3.63) is 12.2 Å². The van der Waals surface area contributed by atoms with Gasteiger partial charge in [-0.15, -0.1) is 0 Å². The number of hydrogen-bond acceptors (Lipinski definition) is 2. The maximum Gasteiger partial charge on any atom is 0.0313 e. The highest BCUT2D eigenvalue weighted by Gasteiger charge is 2.29. The van der Waals surface area contributed by atoms with E-state index >= 15 is 0 Å². The van der Waals surface area contributed by atoms with Crippen molar-refractivity contribution in [3.8, 4) is 0 Å². The van der Waals surface area contributed by atoms with Gasteiger partial charge in [-0.2, -0.15) is 0 Å². The maximum absolute atomic E-state index is 3.37. The van der Waals surface area contributed by atoms with Gasteiger partial charge in [0.25, 0.3) is 0 Å². The number of allylic oxidation sites excluding steroid dienone is 1. The fraction of sp³-hybridized carbons (Fsp3) is 0.800. The van der Waals surface area contributed by atoms with Crippen LogP contribution >= 0.6 is 0 Å². The minimum Gasteiger partial charge on any atom is -0.257 e. The van der Waals surface area contributed by atoms with Crippen molar-refractivity contribution in [3.63, 3.8) is 0 Å². The molecule has 1 fully saturated rings. The molecule has 68 valence electrons. The van der Waals surface area contributed by atoms with Gasteiger partial charge in [-0.3, -0.25) is 10.9 Å². The van der Waals surface area contributed by atoms with Gasteiger partial charge in [-0.25, -0.2) is 0 Å². The van der Waals surface area contributed by atoms with Crippen LogP contribution in [0, 0.1) is 11.8 Å². The Labute approximate surface area is 74.4 Å². The third-order valence-corrected chi connectivity index (χ3v) is 3.06. The van der Waals surface area contributed by atoms with E-state index in [4.69, 9.17) is 0 Å². The van der Waals surface area contributed by atoms with Gasteiger partial charge >= 0.3 is 0 Å². The van der Waals surface area contributed by atoms with Gasteiger partial charge in [-0.1, -0.05) is 19.1 Å². The van der Waals surface area contributed by atoms with Gasteiger partial charge in [0.1, 0.15) is 0 Å². The van der Waals surface area contributed by atoms with Crippen molar-refractivity contribution in [1.82, 2.24) is 10.9 Å². The zero-order valence-corrected chi connectivity index (χ0v) is 7.72. The Morgan fingerprint density at radius 1 is 1.42 bits per heavy atom. The molecule has 0 radical (unpaired) electrons. The van der Waals surface area contributed by atoms with E-state index in [9.17, 15) is 0 Å². The summed E-state index contributed by atoms with van der Waals surface area (Å²) in [6.45, 7) is 3.44. The van der Waals surface area contributed by atoms with Crippen LogP contribution in [0.15, 0.2) is 12.2 Å². The van der Waals surface area contributed by atoms with Crippen molar-refractivity contribution in [2.24, 2.45) is 11.8 Å². The Hall–Kier alpha value is -0.340. The average molecular weight is 166 g/mol. The minimum absolute atomic E-state index is 0.668. The van der Waals surface area contributed by atoms with Gasteiger partial charge in [-0.05, 0) is 31.1 Å². The van der Waals surface area contributed by atoms with Gasteiger partial charge in [0.05, 0.1) is 0 Å². The summed E-state index contributed by atoms with van der Waals surface area (Å²) in [6, 6.07) is 0.668. The van der Waals surface area contributed by atoms with E-state index in [1.165, 1.54) is 19.3 Å². The van der Waals surface area contributed by atoms with Crippen molar-refractivity contribution < 1.29 is 0 Å². The maximum atomic E-state index is 3.37. The molecule has 3 atom stereocenters. The molecule has 0 bridgehead atoms. The third kappa shape index (κ3) is 1.54. The van der Waals surface area contributed by atoms with Crippen molar-refractivity contribution in [1.29, 1.82) is 0 Å². The highest BCUT2D eigenvalue weighted by Crippen LogP contribution is 2.25. The molecular formula is C10H18N2. The lowest BCUT2D eigenvalue weighted by Gasteiger charge is -2.25. The largest absolute Gasteiger partial charge is 0.257 e. The van der Waals surface area contributed by atoms with Crippen LogP contribution in [0.1, 0.15) is 26.2 Å². The van der Waals surface area contributed by atoms with Crippen LogP contribution in [0.4, 0.5) is 0 Å². The minimum atomic E-state index is 0.668. The molecule has 0 amide bonds. The number of nitrogens with one attached hydrogen (secondary N) is 2. The monoisotopic (exact) mass is 166 g/mol. The van der Waals surface area contributed by atoms with Crippen molar-refractivity contribution >= 4 is 0 Å². The Morgan fingerprint density at radius 3 is 2.92 bits per heavy atom. The van der Waals surface area contributed by atoms with E-state index in [1.54, 1.807) is 0 Å². The van der Waals surface area contributed by atoms with E-state index in [1.807, 2.05) is 0 Å². The Balaban J connectivity index is 1.98. The van der Waals surface area contributed by atoms with E-state index in [2.05, 4.69) is 29.9 Å². The summed E-state index contributed by atoms with van der Waals surface area (Å²) in [5.41, 5.74) is 6.61. The summed E-state index contributed by atoms with van der Waals surface area (Å²) in [7, 11) is 0. The molecule has 2 rings (SSSR count). The average Bonchev–Trinajstić information content (AvgIpc) is 2.53. The number of hydrogen-bond donors (Lipinski definition) is 2. The van der Waals surface area contributed by atoms with E-state index < -0.39 is 0 Å². The van der Waals surface area contributed by atoms with E-state index in [0.29, 0.717) is 6.04 Å². The van der Waals surface area contributed by atoms with E-state index in [0.717, 1.165) is 18.4 Å². The first-order valence-electron chi connectivity index (χ1n) is 5.03. The van der Waals surface area contributed by atoms with Crippen LogP contribution in [0.5, 0.6) is 0 Å². The summed E-state index contributed by atoms with van der Waals surface area (Å²) in [5.74, 6) is 1.54. The zero-order chi connectivity index (χ0) is 8.39. The first-order chi connectivity index (χ1) is 5.88. The second-order valence-corrected chi connectivity index (χ2v) is 4.05. The normalized spacial score (nSPS) is 41.9. The molecule has 0 aromatic rings. The highest BCUT2D eigenvalue weighted by molar-refractivity contribution is 5.00. The van der Waals surface area contributed by atoms with Gasteiger partial charge < -0.3 is 0 Å². The molecule has 1 aliphatic carbocycles. The Kier molecular flexibility index (Phi) is 2.47. The van der Waals surface area contributed by atoms with Gasteiger partial charge in [0.2, 0.25) is 0 Å². The molecule has 0 saturated carbocycles. The fourth-order valence-corrected chi connectivity index (χ4v) is 2.27. The van der Waals surface area contributed by atoms with Crippen LogP contribution in [-0.2, 0) is 0 Å². The Morgan fingerprint density at radius 2 is 2.33 bits per heavy atom. The quantitative estimate of drug-likeness (QED) is 0.576. The molecular weight excluding hydrogens is 148 g/mol. The van der Waals surface area contributed by atoms with Crippen LogP contribution in [0.2, 0.25) is 0 Å². The highest BCUT2D eigenvalue weighted by atomic mass is 15.4. The fourth-order valence-electron chi connectivity index (χ4n) is 2.27. The second kappa shape index (κ2) is 3.58. The standard InChI is InChI=1S/C10H18N2/c1-8-7-11-12-10(8)9-5-3-2-4-6-9/h3,5,8-12H,2,4,6-7H2,1H3. The van der Waals surface area contributed by atoms with Crippen LogP contribution in [-0.4, -0.2) is 12.6 Å². The zero-order valence-electron chi connectivity index (χ0n) is 7.72. The molecule has 3 unspecified atom stereocenters. The second-order valence-electron chi connectivity index (χ2n) is 4.05. The molecule has 0 aromatic carbocycles. The van der Waals surface area contributed by atoms with Gasteiger partial charge in [0.15, 0.2) is 0 Å². The summed E-state index contributed by atoms with van der Waals surface area (Å²) in [4.78, 5) is 0. The summed E-state index contributed by atoms with van der Waals surface area (Å²) in [6.07, 6.45) is 8.74. The van der Waals surface area contributed by atoms with E-state index in [-0.39, 0.29) is 0 Å². The predicted molar refractivity (Wildman–Crippen MR) is 50.6 cm³/mol. The molecule has 2 nitrogen and oxygen atoms in total. The number of hydrazine groups is 1. The van der Waals surface area contributed by atoms with Crippen molar-refractivity contribution in [2.75, 3.05) is 6.54 Å². The first kappa shape index (κ1) is 8.27. The third-order valence-electron chi connectivity index (χ3n) is 3.06. The van der Waals surface area contributed by atoms with Gasteiger partial charge in [0, 0.05) is 12.6 Å². The molecule has 1 heterocycles. The lowest BCUT2D eigenvalue weighted by Crippen LogP contribution is -2.37. The number of rotatable bonds is 1. The van der Waals surface area contributed by atoms with Crippen molar-refractivity contribution in [2.45, 2.75) is 32.2 Å². The molecule has 1 saturated heterocycles. The summed E-state index contributed by atoms with van der Waals surface area (Å²) < 4.78 is 0. The molecule has 12 heavy (non-hydrogen) atoms. The van der Waals surface area contributed by atoms with Crippen LogP contribution in [0.25, 0.3) is 0 Å². The summed E-state index contributed by atoms with van der Waals surface area (Å²) >= 11 is 0. The predicted octanol–water partition coefficient (Wildman–Crippen LogP) is 1.46. The lowest BCUT2D eigenvalue weighted by atomic mass is 9.84. The molecule has 2 aliphatic rings. The summed E-state index contributed by atoms with van der Waals surface area (Å²) in [5, 5.41) is 0. The van der Waals surface area contributed by atoms with Crippen LogP contribution in [0.3, 0.4) is 0 Å². The molecule has 0 spiro atoms. The molecule has 2 heteroatoms. The smallest absolute Gasteiger partial charge is 0.0313 e. The molecule has 0 aromatic heterocycles. The SMILES string of the molecule is CC1CNNC1C1C=CCCC1. The first-order valence-corrected chi connectivity index (χ1v) is 5.03. The molecule has 2 N–H and O–H groups in total. The lowest BCUT2D eigenvalue weighted by molar-refractivity contribution is 0.351. The Bertz CT molecular complexity index is 177. The molecule has 1 aliphatic heterocycles. The van der Waals surface area contributed by atoms with Crippen LogP contribution < -0.4 is 10.9 Å². The topological polar surface area (TPSA) is 24.1 Å².